The average Bonchev–Trinajstić information content (AvgIpc) is 2.66. The quantitative estimate of drug-likeness (QED) is 0.708. The lowest BCUT2D eigenvalue weighted by molar-refractivity contribution is -0.117. The molecule has 0 saturated carbocycles. The van der Waals surface area contributed by atoms with Gasteiger partial charge in [-0.1, -0.05) is 42.0 Å². The second kappa shape index (κ2) is 9.82. The van der Waals surface area contributed by atoms with Gasteiger partial charge < -0.3 is 10.2 Å². The Labute approximate surface area is 159 Å². The number of carbonyl (C=O) groups excluding carboxylic acids is 2. The van der Waals surface area contributed by atoms with Gasteiger partial charge in [0.15, 0.2) is 0 Å². The van der Waals surface area contributed by atoms with Crippen LogP contribution in [0.3, 0.4) is 0 Å². The van der Waals surface area contributed by atoms with Crippen LogP contribution in [0.5, 0.6) is 0 Å². The van der Waals surface area contributed by atoms with E-state index >= 15 is 0 Å². The molecule has 0 aliphatic carbocycles. The van der Waals surface area contributed by atoms with Gasteiger partial charge in [-0.3, -0.25) is 9.59 Å². The van der Waals surface area contributed by atoms with Crippen molar-refractivity contribution in [1.82, 2.24) is 0 Å². The Morgan fingerprint density at radius 3 is 2.42 bits per heavy atom. The molecule has 5 heteroatoms. The van der Waals surface area contributed by atoms with Gasteiger partial charge in [0.05, 0.1) is 11.0 Å². The van der Waals surface area contributed by atoms with Crippen LogP contribution in [0, 0.1) is 6.92 Å². The Hall–Kier alpha value is -2.53. The predicted octanol–water partition coefficient (Wildman–Crippen LogP) is 4.27. The van der Waals surface area contributed by atoms with Gasteiger partial charge in [-0.15, -0.1) is 18.3 Å². The van der Waals surface area contributed by atoms with Crippen molar-refractivity contribution < 1.29 is 9.59 Å². The van der Waals surface area contributed by atoms with Gasteiger partial charge in [-0.25, -0.2) is 0 Å². The molecule has 0 spiro atoms. The molecule has 0 aromatic heterocycles. The number of rotatable bonds is 8. The van der Waals surface area contributed by atoms with Crippen molar-refractivity contribution in [2.75, 3.05) is 22.5 Å². The van der Waals surface area contributed by atoms with Crippen molar-refractivity contribution >= 4 is 35.0 Å². The molecule has 0 fully saturated rings. The van der Waals surface area contributed by atoms with Crippen LogP contribution in [-0.2, 0) is 9.59 Å². The molecule has 26 heavy (non-hydrogen) atoms. The van der Waals surface area contributed by atoms with Crippen molar-refractivity contribution in [3.05, 3.63) is 72.8 Å². The highest BCUT2D eigenvalue weighted by atomic mass is 32.2. The maximum absolute atomic E-state index is 12.8. The summed E-state index contributed by atoms with van der Waals surface area (Å²) in [5, 5.41) is 2.51. The number of thioether (sulfide) groups is 1. The minimum atomic E-state index is -0.334. The van der Waals surface area contributed by atoms with Gasteiger partial charge >= 0.3 is 0 Å². The first-order chi connectivity index (χ1) is 12.5. The lowest BCUT2D eigenvalue weighted by Crippen LogP contribution is -2.37. The molecule has 0 radical (unpaired) electrons. The van der Waals surface area contributed by atoms with E-state index in [1.54, 1.807) is 11.0 Å². The molecular weight excluding hydrogens is 344 g/mol. The molecule has 1 N–H and O–H groups in total. The fourth-order valence-electron chi connectivity index (χ4n) is 2.39. The zero-order valence-corrected chi connectivity index (χ0v) is 16.0. The Kier molecular flexibility index (Phi) is 7.48. The number of hydrogen-bond donors (Lipinski definition) is 1. The summed E-state index contributed by atoms with van der Waals surface area (Å²) in [5.74, 6) is 0.0649. The molecule has 136 valence electrons. The largest absolute Gasteiger partial charge is 0.325 e. The summed E-state index contributed by atoms with van der Waals surface area (Å²) in [5.41, 5.74) is 2.73. The highest BCUT2D eigenvalue weighted by molar-refractivity contribution is 8.01. The smallest absolute Gasteiger partial charge is 0.240 e. The van der Waals surface area contributed by atoms with Crippen molar-refractivity contribution in [3.8, 4) is 0 Å². The number of carbonyl (C=O) groups is 2. The highest BCUT2D eigenvalue weighted by Gasteiger charge is 2.22. The van der Waals surface area contributed by atoms with E-state index in [9.17, 15) is 9.59 Å². The van der Waals surface area contributed by atoms with Crippen LogP contribution in [-0.4, -0.2) is 29.4 Å². The Bertz CT molecular complexity index is 744. The molecule has 2 aromatic rings. The van der Waals surface area contributed by atoms with Crippen LogP contribution >= 0.6 is 11.8 Å². The average molecular weight is 369 g/mol. The number of aryl methyl sites for hydroxylation is 1. The van der Waals surface area contributed by atoms with Crippen molar-refractivity contribution in [2.45, 2.75) is 19.1 Å². The van der Waals surface area contributed by atoms with Gasteiger partial charge in [-0.2, -0.15) is 0 Å². The molecular formula is C21H24N2O2S. The second-order valence-corrected chi connectivity index (χ2v) is 7.27. The molecule has 2 rings (SSSR count). The normalized spacial score (nSPS) is 11.5. The lowest BCUT2D eigenvalue weighted by atomic mass is 10.2. The molecule has 0 aliphatic heterocycles. The van der Waals surface area contributed by atoms with E-state index < -0.39 is 0 Å². The highest BCUT2D eigenvalue weighted by Crippen LogP contribution is 2.20. The van der Waals surface area contributed by atoms with Crippen LogP contribution in [0.4, 0.5) is 11.4 Å². The van der Waals surface area contributed by atoms with Crippen LogP contribution in [0.1, 0.15) is 12.5 Å². The number of hydrogen-bond acceptors (Lipinski definition) is 3. The molecule has 0 saturated heterocycles. The fourth-order valence-corrected chi connectivity index (χ4v) is 3.13. The van der Waals surface area contributed by atoms with Crippen molar-refractivity contribution in [3.63, 3.8) is 0 Å². The molecule has 1 atom stereocenters. The van der Waals surface area contributed by atoms with Crippen LogP contribution in [0.25, 0.3) is 0 Å². The Morgan fingerprint density at radius 1 is 1.15 bits per heavy atom. The third-order valence-corrected chi connectivity index (χ3v) is 4.92. The molecule has 1 unspecified atom stereocenters. The van der Waals surface area contributed by atoms with Gasteiger partial charge in [-0.05, 0) is 38.1 Å². The summed E-state index contributed by atoms with van der Waals surface area (Å²) in [6.07, 6.45) is 1.70. The van der Waals surface area contributed by atoms with Crippen molar-refractivity contribution in [2.24, 2.45) is 0 Å². The van der Waals surface area contributed by atoms with E-state index in [0.717, 1.165) is 16.9 Å². The number of anilines is 2. The van der Waals surface area contributed by atoms with E-state index in [-0.39, 0.29) is 22.8 Å². The summed E-state index contributed by atoms with van der Waals surface area (Å²) in [4.78, 5) is 26.6. The lowest BCUT2D eigenvalue weighted by Gasteiger charge is -2.24. The van der Waals surface area contributed by atoms with E-state index in [1.165, 1.54) is 11.8 Å². The topological polar surface area (TPSA) is 49.4 Å². The van der Waals surface area contributed by atoms with Crippen LogP contribution < -0.4 is 10.2 Å². The van der Waals surface area contributed by atoms with E-state index in [4.69, 9.17) is 0 Å². The number of para-hydroxylation sites is 1. The molecule has 2 amide bonds. The maximum Gasteiger partial charge on any atom is 0.240 e. The van der Waals surface area contributed by atoms with Crippen molar-refractivity contribution in [1.29, 1.82) is 0 Å². The summed E-state index contributed by atoms with van der Waals surface area (Å²) in [6, 6.07) is 17.1. The first-order valence-corrected chi connectivity index (χ1v) is 9.51. The number of amides is 2. The first-order valence-electron chi connectivity index (χ1n) is 8.46. The summed E-state index contributed by atoms with van der Waals surface area (Å²) in [7, 11) is 0. The summed E-state index contributed by atoms with van der Waals surface area (Å²) in [6.45, 7) is 7.99. The van der Waals surface area contributed by atoms with Gasteiger partial charge in [0.25, 0.3) is 0 Å². The number of benzene rings is 2. The Balaban J connectivity index is 1.91. The zero-order chi connectivity index (χ0) is 18.9. The third kappa shape index (κ3) is 5.77. The molecule has 4 nitrogen and oxygen atoms in total. The van der Waals surface area contributed by atoms with E-state index in [1.807, 2.05) is 68.4 Å². The minimum Gasteiger partial charge on any atom is -0.325 e. The molecule has 0 bridgehead atoms. The zero-order valence-electron chi connectivity index (χ0n) is 15.1. The van der Waals surface area contributed by atoms with Gasteiger partial charge in [0.2, 0.25) is 11.8 Å². The third-order valence-electron chi connectivity index (χ3n) is 3.79. The monoisotopic (exact) mass is 368 g/mol. The van der Waals surface area contributed by atoms with Crippen LogP contribution in [0.2, 0.25) is 0 Å². The first kappa shape index (κ1) is 19.8. The summed E-state index contributed by atoms with van der Waals surface area (Å²) < 4.78 is 0. The van der Waals surface area contributed by atoms with Gasteiger partial charge in [0, 0.05) is 17.9 Å². The Morgan fingerprint density at radius 2 is 1.81 bits per heavy atom. The van der Waals surface area contributed by atoms with E-state index in [2.05, 4.69) is 11.9 Å². The SMILES string of the molecule is C=CCN(C(=O)C(C)SCC(=O)Nc1ccc(C)cc1)c1ccccc1. The number of nitrogens with zero attached hydrogens (tertiary/aromatic N) is 1. The van der Waals surface area contributed by atoms with Crippen LogP contribution in [0.15, 0.2) is 67.3 Å². The number of nitrogens with one attached hydrogen (secondary N) is 1. The molecule has 2 aromatic carbocycles. The van der Waals surface area contributed by atoms with E-state index in [0.29, 0.717) is 6.54 Å². The maximum atomic E-state index is 12.8. The minimum absolute atomic E-state index is 0.0377. The molecule has 0 heterocycles. The second-order valence-electron chi connectivity index (χ2n) is 5.94. The molecule has 0 aliphatic rings. The van der Waals surface area contributed by atoms with Gasteiger partial charge in [0.1, 0.15) is 0 Å². The fraction of sp³-hybridized carbons (Fsp3) is 0.238. The standard InChI is InChI=1S/C21H24N2O2S/c1-4-14-23(19-8-6-5-7-9-19)21(25)17(3)26-15-20(24)22-18-12-10-16(2)11-13-18/h4-13,17H,1,14-15H2,2-3H3,(H,22,24). The summed E-state index contributed by atoms with van der Waals surface area (Å²) >= 11 is 1.33. The predicted molar refractivity (Wildman–Crippen MR) is 111 cm³/mol.